The predicted molar refractivity (Wildman–Crippen MR) is 78.0 cm³/mol. The SMILES string of the molecule is CCn1nc2nc(N3CCNCC3)cc(C(F)F)c2c1C. The highest BCUT2D eigenvalue weighted by Gasteiger charge is 2.22. The number of alkyl halides is 2. The summed E-state index contributed by atoms with van der Waals surface area (Å²) < 4.78 is 28.6. The smallest absolute Gasteiger partial charge is 0.264 e. The molecule has 1 aliphatic heterocycles. The fourth-order valence-electron chi connectivity index (χ4n) is 2.83. The second kappa shape index (κ2) is 5.55. The number of aryl methyl sites for hydroxylation is 2. The van der Waals surface area contributed by atoms with E-state index < -0.39 is 6.43 Å². The molecule has 1 N–H and O–H groups in total. The second-order valence-corrected chi connectivity index (χ2v) is 5.21. The van der Waals surface area contributed by atoms with E-state index in [9.17, 15) is 8.78 Å². The minimum absolute atomic E-state index is 0.0331. The molecule has 0 unspecified atom stereocenters. The number of anilines is 1. The molecule has 0 spiro atoms. The number of hydrogen-bond donors (Lipinski definition) is 1. The van der Waals surface area contributed by atoms with E-state index in [2.05, 4.69) is 15.4 Å². The zero-order valence-corrected chi connectivity index (χ0v) is 12.2. The Labute approximate surface area is 121 Å². The minimum Gasteiger partial charge on any atom is -0.354 e. The number of fused-ring (bicyclic) bond motifs is 1. The average Bonchev–Trinajstić information content (AvgIpc) is 2.83. The Kier molecular flexibility index (Phi) is 3.75. The van der Waals surface area contributed by atoms with Gasteiger partial charge in [0.1, 0.15) is 5.82 Å². The lowest BCUT2D eigenvalue weighted by Crippen LogP contribution is -2.43. The average molecular weight is 295 g/mol. The summed E-state index contributed by atoms with van der Waals surface area (Å²) in [4.78, 5) is 6.53. The Morgan fingerprint density at radius 2 is 2.05 bits per heavy atom. The number of aromatic nitrogens is 3. The molecule has 1 saturated heterocycles. The van der Waals surface area contributed by atoms with Crippen molar-refractivity contribution in [3.63, 3.8) is 0 Å². The van der Waals surface area contributed by atoms with Crippen LogP contribution in [0.3, 0.4) is 0 Å². The van der Waals surface area contributed by atoms with E-state index in [1.54, 1.807) is 4.68 Å². The summed E-state index contributed by atoms with van der Waals surface area (Å²) in [6.07, 6.45) is -2.52. The number of rotatable bonds is 3. The first-order valence-corrected chi connectivity index (χ1v) is 7.23. The number of piperazine rings is 1. The fourth-order valence-corrected chi connectivity index (χ4v) is 2.83. The van der Waals surface area contributed by atoms with Crippen molar-refractivity contribution >= 4 is 16.9 Å². The van der Waals surface area contributed by atoms with Gasteiger partial charge in [0.25, 0.3) is 6.43 Å². The van der Waals surface area contributed by atoms with Crippen LogP contribution in [-0.2, 0) is 6.54 Å². The lowest BCUT2D eigenvalue weighted by molar-refractivity contribution is 0.153. The van der Waals surface area contributed by atoms with Crippen molar-refractivity contribution in [2.24, 2.45) is 0 Å². The van der Waals surface area contributed by atoms with E-state index in [1.807, 2.05) is 18.7 Å². The molecule has 3 rings (SSSR count). The van der Waals surface area contributed by atoms with Gasteiger partial charge >= 0.3 is 0 Å². The number of pyridine rings is 1. The molecule has 3 heterocycles. The van der Waals surface area contributed by atoms with E-state index in [0.29, 0.717) is 23.4 Å². The van der Waals surface area contributed by atoms with Crippen LogP contribution >= 0.6 is 0 Å². The first kappa shape index (κ1) is 14.2. The molecule has 5 nitrogen and oxygen atoms in total. The molecule has 0 atom stereocenters. The van der Waals surface area contributed by atoms with Gasteiger partial charge in [-0.05, 0) is 19.9 Å². The van der Waals surface area contributed by atoms with Gasteiger partial charge in [0.05, 0.1) is 5.39 Å². The summed E-state index contributed by atoms with van der Waals surface area (Å²) in [5, 5.41) is 8.09. The summed E-state index contributed by atoms with van der Waals surface area (Å²) >= 11 is 0. The maximum Gasteiger partial charge on any atom is 0.264 e. The van der Waals surface area contributed by atoms with Gasteiger partial charge in [-0.15, -0.1) is 0 Å². The Morgan fingerprint density at radius 1 is 1.33 bits per heavy atom. The van der Waals surface area contributed by atoms with Gasteiger partial charge in [0, 0.05) is 44.0 Å². The highest BCUT2D eigenvalue weighted by molar-refractivity contribution is 5.84. The third-order valence-electron chi connectivity index (χ3n) is 3.96. The van der Waals surface area contributed by atoms with Crippen LogP contribution in [0.5, 0.6) is 0 Å². The quantitative estimate of drug-likeness (QED) is 0.942. The topological polar surface area (TPSA) is 46.0 Å². The molecule has 0 saturated carbocycles. The van der Waals surface area contributed by atoms with Crippen LogP contribution in [0.15, 0.2) is 6.07 Å². The van der Waals surface area contributed by atoms with Crippen LogP contribution in [0.1, 0.15) is 24.6 Å². The monoisotopic (exact) mass is 295 g/mol. The largest absolute Gasteiger partial charge is 0.354 e. The van der Waals surface area contributed by atoms with E-state index in [4.69, 9.17) is 0 Å². The van der Waals surface area contributed by atoms with Gasteiger partial charge in [0.15, 0.2) is 5.65 Å². The van der Waals surface area contributed by atoms with Gasteiger partial charge in [-0.1, -0.05) is 0 Å². The van der Waals surface area contributed by atoms with E-state index in [0.717, 1.165) is 31.9 Å². The number of hydrogen-bond acceptors (Lipinski definition) is 4. The maximum absolute atomic E-state index is 13.4. The van der Waals surface area contributed by atoms with Crippen LogP contribution < -0.4 is 10.2 Å². The molecular formula is C14H19F2N5. The molecule has 0 aromatic carbocycles. The summed E-state index contributed by atoms with van der Waals surface area (Å²) in [5.41, 5.74) is 1.20. The Balaban J connectivity index is 2.15. The molecule has 1 aliphatic rings. The summed E-state index contributed by atoms with van der Waals surface area (Å²) in [6, 6.07) is 1.52. The third kappa shape index (κ3) is 2.46. The Morgan fingerprint density at radius 3 is 2.67 bits per heavy atom. The molecule has 2 aromatic rings. The standard InChI is InChI=1S/C14H19F2N5/c1-3-21-9(2)12-10(13(15)16)8-11(18-14(12)19-21)20-6-4-17-5-7-20/h8,13,17H,3-7H2,1-2H3. The zero-order chi connectivity index (χ0) is 15.0. The van der Waals surface area contributed by atoms with Crippen molar-refractivity contribution in [3.8, 4) is 0 Å². The molecule has 1 fully saturated rings. The normalized spacial score (nSPS) is 16.1. The first-order valence-electron chi connectivity index (χ1n) is 7.23. The third-order valence-corrected chi connectivity index (χ3v) is 3.96. The minimum atomic E-state index is -2.52. The van der Waals surface area contributed by atoms with Crippen molar-refractivity contribution in [3.05, 3.63) is 17.3 Å². The van der Waals surface area contributed by atoms with E-state index in [1.165, 1.54) is 6.07 Å². The van der Waals surface area contributed by atoms with Crippen molar-refractivity contribution < 1.29 is 8.78 Å². The lowest BCUT2D eigenvalue weighted by atomic mass is 10.1. The van der Waals surface area contributed by atoms with Crippen molar-refractivity contribution in [2.45, 2.75) is 26.8 Å². The van der Waals surface area contributed by atoms with Gasteiger partial charge in [-0.2, -0.15) is 5.10 Å². The number of halogens is 2. The maximum atomic E-state index is 13.4. The Hall–Kier alpha value is -1.76. The van der Waals surface area contributed by atoms with Crippen molar-refractivity contribution in [1.82, 2.24) is 20.1 Å². The van der Waals surface area contributed by atoms with E-state index in [-0.39, 0.29) is 5.56 Å². The van der Waals surface area contributed by atoms with Crippen LogP contribution in [0, 0.1) is 6.92 Å². The highest BCUT2D eigenvalue weighted by atomic mass is 19.3. The summed E-state index contributed by atoms with van der Waals surface area (Å²) in [5.74, 6) is 0.597. The van der Waals surface area contributed by atoms with Crippen molar-refractivity contribution in [2.75, 3.05) is 31.1 Å². The molecule has 0 amide bonds. The molecule has 7 heteroatoms. The van der Waals surface area contributed by atoms with E-state index >= 15 is 0 Å². The van der Waals surface area contributed by atoms with Gasteiger partial charge in [0.2, 0.25) is 0 Å². The molecule has 0 aliphatic carbocycles. The lowest BCUT2D eigenvalue weighted by Gasteiger charge is -2.28. The fraction of sp³-hybridized carbons (Fsp3) is 0.571. The number of nitrogens with zero attached hydrogens (tertiary/aromatic N) is 4. The van der Waals surface area contributed by atoms with Gasteiger partial charge < -0.3 is 10.2 Å². The van der Waals surface area contributed by atoms with Gasteiger partial charge in [-0.25, -0.2) is 13.8 Å². The first-order chi connectivity index (χ1) is 10.1. The molecule has 114 valence electrons. The van der Waals surface area contributed by atoms with Crippen LogP contribution in [0.25, 0.3) is 11.0 Å². The summed E-state index contributed by atoms with van der Waals surface area (Å²) in [6.45, 7) is 7.63. The molecule has 0 radical (unpaired) electrons. The van der Waals surface area contributed by atoms with Crippen LogP contribution in [0.2, 0.25) is 0 Å². The second-order valence-electron chi connectivity index (χ2n) is 5.21. The predicted octanol–water partition coefficient (Wildman–Crippen LogP) is 2.11. The molecule has 0 bridgehead atoms. The Bertz CT molecular complexity index is 646. The number of nitrogens with one attached hydrogen (secondary N) is 1. The van der Waals surface area contributed by atoms with Crippen LogP contribution in [-0.4, -0.2) is 40.9 Å². The highest BCUT2D eigenvalue weighted by Crippen LogP contribution is 2.32. The zero-order valence-electron chi connectivity index (χ0n) is 12.2. The van der Waals surface area contributed by atoms with Crippen LogP contribution in [0.4, 0.5) is 14.6 Å². The molecule has 2 aromatic heterocycles. The molecule has 21 heavy (non-hydrogen) atoms. The van der Waals surface area contributed by atoms with Gasteiger partial charge in [-0.3, -0.25) is 4.68 Å². The van der Waals surface area contributed by atoms with Crippen molar-refractivity contribution in [1.29, 1.82) is 0 Å². The summed E-state index contributed by atoms with van der Waals surface area (Å²) in [7, 11) is 0. The molecular weight excluding hydrogens is 276 g/mol.